The summed E-state index contributed by atoms with van der Waals surface area (Å²) < 4.78 is 12.4. The Hall–Kier alpha value is -0.0800. The first-order valence-electron chi connectivity index (χ1n) is 7.62. The Balaban J connectivity index is 1.75. The number of ether oxygens (including phenoxy) is 2. The Morgan fingerprint density at radius 3 is 2.41 bits per heavy atom. The zero-order valence-electron chi connectivity index (χ0n) is 11.1. The van der Waals surface area contributed by atoms with Gasteiger partial charge in [0.2, 0.25) is 0 Å². The molecule has 17 heavy (non-hydrogen) atoms. The van der Waals surface area contributed by atoms with Crippen molar-refractivity contribution >= 4 is 0 Å². The van der Waals surface area contributed by atoms with Gasteiger partial charge in [-0.2, -0.15) is 0 Å². The zero-order chi connectivity index (χ0) is 11.7. The van der Waals surface area contributed by atoms with Crippen molar-refractivity contribution in [2.24, 2.45) is 11.8 Å². The smallest absolute Gasteiger partial charge is 0.171 e. The maximum atomic E-state index is 6.23. The maximum Gasteiger partial charge on any atom is 0.171 e. The third kappa shape index (κ3) is 2.26. The molecule has 3 unspecified atom stereocenters. The van der Waals surface area contributed by atoms with E-state index in [9.17, 15) is 0 Å². The van der Waals surface area contributed by atoms with Gasteiger partial charge in [0.25, 0.3) is 0 Å². The molecular formula is C15H26O2. The highest BCUT2D eigenvalue weighted by molar-refractivity contribution is 4.92. The summed E-state index contributed by atoms with van der Waals surface area (Å²) >= 11 is 0. The van der Waals surface area contributed by atoms with E-state index < -0.39 is 0 Å². The molecule has 3 rings (SSSR count). The zero-order valence-corrected chi connectivity index (χ0v) is 11.1. The van der Waals surface area contributed by atoms with E-state index in [4.69, 9.17) is 9.47 Å². The molecule has 0 amide bonds. The Morgan fingerprint density at radius 1 is 0.941 bits per heavy atom. The van der Waals surface area contributed by atoms with Crippen molar-refractivity contribution in [2.75, 3.05) is 6.61 Å². The molecule has 0 aromatic rings. The summed E-state index contributed by atoms with van der Waals surface area (Å²) in [5.74, 6) is 1.37. The quantitative estimate of drug-likeness (QED) is 0.690. The average molecular weight is 238 g/mol. The summed E-state index contributed by atoms with van der Waals surface area (Å²) in [4.78, 5) is 0. The largest absolute Gasteiger partial charge is 0.347 e. The number of rotatable bonds is 1. The van der Waals surface area contributed by atoms with E-state index in [1.807, 2.05) is 0 Å². The van der Waals surface area contributed by atoms with Crippen LogP contribution in [0.2, 0.25) is 0 Å². The highest BCUT2D eigenvalue weighted by atomic mass is 16.7. The van der Waals surface area contributed by atoms with E-state index in [0.717, 1.165) is 18.9 Å². The van der Waals surface area contributed by atoms with E-state index in [0.29, 0.717) is 12.0 Å². The minimum atomic E-state index is -0.181. The van der Waals surface area contributed by atoms with Gasteiger partial charge < -0.3 is 9.47 Å². The van der Waals surface area contributed by atoms with Crippen LogP contribution in [-0.2, 0) is 9.47 Å². The van der Waals surface area contributed by atoms with Gasteiger partial charge in [0, 0.05) is 12.3 Å². The standard InChI is InChI=1S/C15H26O2/c1-12-11-16-15(17-12)10-6-5-9-14(15)13-7-3-2-4-8-13/h12-14H,2-11H2,1H3. The van der Waals surface area contributed by atoms with Crippen LogP contribution in [0.1, 0.15) is 64.7 Å². The molecule has 2 nitrogen and oxygen atoms in total. The van der Waals surface area contributed by atoms with Gasteiger partial charge in [-0.1, -0.05) is 25.7 Å². The molecule has 1 aliphatic heterocycles. The summed E-state index contributed by atoms with van der Waals surface area (Å²) in [7, 11) is 0. The van der Waals surface area contributed by atoms with Crippen LogP contribution in [-0.4, -0.2) is 18.5 Å². The molecule has 0 aromatic heterocycles. The molecule has 2 heteroatoms. The summed E-state index contributed by atoms with van der Waals surface area (Å²) in [6.45, 7) is 2.96. The van der Waals surface area contributed by atoms with Gasteiger partial charge in [-0.05, 0) is 38.5 Å². The second-order valence-corrected chi connectivity index (χ2v) is 6.30. The summed E-state index contributed by atoms with van der Waals surface area (Å²) in [6, 6.07) is 0. The molecule has 1 spiro atoms. The lowest BCUT2D eigenvalue weighted by molar-refractivity contribution is -0.233. The van der Waals surface area contributed by atoms with E-state index in [-0.39, 0.29) is 5.79 Å². The van der Waals surface area contributed by atoms with Gasteiger partial charge in [0.05, 0.1) is 12.7 Å². The Kier molecular flexibility index (Phi) is 3.45. The molecule has 2 aliphatic carbocycles. The van der Waals surface area contributed by atoms with Crippen LogP contribution in [0.5, 0.6) is 0 Å². The van der Waals surface area contributed by atoms with Gasteiger partial charge in [0.15, 0.2) is 5.79 Å². The Morgan fingerprint density at radius 2 is 1.71 bits per heavy atom. The van der Waals surface area contributed by atoms with Crippen LogP contribution < -0.4 is 0 Å². The van der Waals surface area contributed by atoms with Crippen molar-refractivity contribution in [1.82, 2.24) is 0 Å². The summed E-state index contributed by atoms with van der Waals surface area (Å²) in [6.07, 6.45) is 12.5. The molecule has 0 bridgehead atoms. The van der Waals surface area contributed by atoms with Crippen molar-refractivity contribution in [3.8, 4) is 0 Å². The van der Waals surface area contributed by atoms with Crippen LogP contribution in [0.25, 0.3) is 0 Å². The maximum absolute atomic E-state index is 6.23. The Labute approximate surface area is 105 Å². The summed E-state index contributed by atoms with van der Waals surface area (Å²) in [5, 5.41) is 0. The topological polar surface area (TPSA) is 18.5 Å². The van der Waals surface area contributed by atoms with Crippen molar-refractivity contribution in [1.29, 1.82) is 0 Å². The molecule has 0 aromatic carbocycles. The number of hydrogen-bond acceptors (Lipinski definition) is 2. The highest BCUT2D eigenvalue weighted by Crippen LogP contribution is 2.48. The molecule has 1 heterocycles. The first-order valence-corrected chi connectivity index (χ1v) is 7.62. The lowest BCUT2D eigenvalue weighted by atomic mass is 9.70. The van der Waals surface area contributed by atoms with Crippen LogP contribution >= 0.6 is 0 Å². The van der Waals surface area contributed by atoms with Crippen LogP contribution in [0.4, 0.5) is 0 Å². The molecule has 3 fully saturated rings. The second-order valence-electron chi connectivity index (χ2n) is 6.30. The first kappa shape index (κ1) is 12.0. The average Bonchev–Trinajstić information content (AvgIpc) is 2.73. The minimum absolute atomic E-state index is 0.181. The van der Waals surface area contributed by atoms with E-state index >= 15 is 0 Å². The molecule has 98 valence electrons. The predicted molar refractivity (Wildman–Crippen MR) is 67.8 cm³/mol. The second kappa shape index (κ2) is 4.89. The predicted octanol–water partition coefficient (Wildman–Crippen LogP) is 3.89. The molecule has 1 saturated heterocycles. The molecule has 0 N–H and O–H groups in total. The fourth-order valence-corrected chi connectivity index (χ4v) is 4.26. The monoisotopic (exact) mass is 238 g/mol. The van der Waals surface area contributed by atoms with Crippen molar-refractivity contribution in [3.63, 3.8) is 0 Å². The van der Waals surface area contributed by atoms with Gasteiger partial charge in [-0.25, -0.2) is 0 Å². The SMILES string of the molecule is CC1COC2(CCCCC2C2CCCCC2)O1. The van der Waals surface area contributed by atoms with Crippen molar-refractivity contribution in [3.05, 3.63) is 0 Å². The van der Waals surface area contributed by atoms with E-state index in [1.165, 1.54) is 51.4 Å². The van der Waals surface area contributed by atoms with Gasteiger partial charge >= 0.3 is 0 Å². The molecule has 3 atom stereocenters. The third-order valence-electron chi connectivity index (χ3n) is 5.04. The molecule has 3 aliphatic rings. The fourth-order valence-electron chi connectivity index (χ4n) is 4.26. The lowest BCUT2D eigenvalue weighted by Crippen LogP contribution is -2.46. The van der Waals surface area contributed by atoms with Crippen molar-refractivity contribution in [2.45, 2.75) is 76.6 Å². The van der Waals surface area contributed by atoms with Crippen LogP contribution in [0.15, 0.2) is 0 Å². The minimum Gasteiger partial charge on any atom is -0.347 e. The molecule has 0 radical (unpaired) electrons. The Bertz CT molecular complexity index is 256. The van der Waals surface area contributed by atoms with Gasteiger partial charge in [0.1, 0.15) is 0 Å². The van der Waals surface area contributed by atoms with E-state index in [1.54, 1.807) is 0 Å². The van der Waals surface area contributed by atoms with Gasteiger partial charge in [-0.15, -0.1) is 0 Å². The summed E-state index contributed by atoms with van der Waals surface area (Å²) in [5.41, 5.74) is 0. The van der Waals surface area contributed by atoms with Crippen LogP contribution in [0.3, 0.4) is 0 Å². The molecular weight excluding hydrogens is 212 g/mol. The van der Waals surface area contributed by atoms with Crippen molar-refractivity contribution < 1.29 is 9.47 Å². The molecule has 2 saturated carbocycles. The normalized spacial score (nSPS) is 44.3. The van der Waals surface area contributed by atoms with E-state index in [2.05, 4.69) is 6.92 Å². The van der Waals surface area contributed by atoms with Crippen LogP contribution in [0, 0.1) is 11.8 Å². The highest BCUT2D eigenvalue weighted by Gasteiger charge is 2.50. The lowest BCUT2D eigenvalue weighted by Gasteiger charge is -2.44. The van der Waals surface area contributed by atoms with Gasteiger partial charge in [-0.3, -0.25) is 0 Å². The number of hydrogen-bond donors (Lipinski definition) is 0. The third-order valence-corrected chi connectivity index (χ3v) is 5.04. The first-order chi connectivity index (χ1) is 8.30. The fraction of sp³-hybridized carbons (Fsp3) is 1.00.